The van der Waals surface area contributed by atoms with Crippen molar-refractivity contribution in [2.75, 3.05) is 6.61 Å². The molecular formula is C21H24N2O3. The highest BCUT2D eigenvalue weighted by Gasteiger charge is 2.12. The summed E-state index contributed by atoms with van der Waals surface area (Å²) in [7, 11) is 0. The largest absolute Gasteiger partial charge is 0.484 e. The molecule has 0 saturated heterocycles. The molecule has 0 saturated carbocycles. The lowest BCUT2D eigenvalue weighted by Gasteiger charge is -2.10. The second-order valence-corrected chi connectivity index (χ2v) is 6.84. The van der Waals surface area contributed by atoms with E-state index in [4.69, 9.17) is 4.74 Å². The highest BCUT2D eigenvalue weighted by atomic mass is 16.5. The molecule has 5 heteroatoms. The number of hydrogen-bond acceptors (Lipinski definition) is 3. The molecule has 0 unspecified atom stereocenters. The number of nitrogens with one attached hydrogen (secondary N) is 2. The molecule has 1 aliphatic rings. The summed E-state index contributed by atoms with van der Waals surface area (Å²) in [5, 5.41) is 0. The Kier molecular flexibility index (Phi) is 5.56. The number of fused-ring (bicyclic) bond motifs is 1. The molecule has 0 spiro atoms. The van der Waals surface area contributed by atoms with Crippen molar-refractivity contribution in [1.29, 1.82) is 0 Å². The Morgan fingerprint density at radius 2 is 1.62 bits per heavy atom. The van der Waals surface area contributed by atoms with Crippen molar-refractivity contribution in [2.24, 2.45) is 0 Å². The first-order valence-corrected chi connectivity index (χ1v) is 8.89. The molecule has 0 heterocycles. The van der Waals surface area contributed by atoms with Gasteiger partial charge in [-0.3, -0.25) is 20.4 Å². The van der Waals surface area contributed by atoms with Crippen molar-refractivity contribution in [3.05, 3.63) is 64.2 Å². The number of aryl methyl sites for hydroxylation is 4. The van der Waals surface area contributed by atoms with Gasteiger partial charge in [0.25, 0.3) is 5.91 Å². The van der Waals surface area contributed by atoms with Crippen molar-refractivity contribution >= 4 is 11.8 Å². The standard InChI is InChI=1S/C21H24N2O3/c1-14-8-15(2)10-19(9-14)26-13-21(25)23-22-20(24)12-16-6-7-17-4-3-5-18(17)11-16/h6-11H,3-5,12-13H2,1-2H3,(H,22,24)(H,23,25). The first-order chi connectivity index (χ1) is 12.5. The van der Waals surface area contributed by atoms with E-state index in [1.165, 1.54) is 17.5 Å². The van der Waals surface area contributed by atoms with E-state index in [1.54, 1.807) is 0 Å². The minimum atomic E-state index is -0.397. The predicted octanol–water partition coefficient (Wildman–Crippen LogP) is 2.56. The number of hydrazine groups is 1. The van der Waals surface area contributed by atoms with Crippen LogP contribution in [0.2, 0.25) is 0 Å². The van der Waals surface area contributed by atoms with Crippen LogP contribution in [0.15, 0.2) is 36.4 Å². The fourth-order valence-corrected chi connectivity index (χ4v) is 3.31. The van der Waals surface area contributed by atoms with E-state index >= 15 is 0 Å². The summed E-state index contributed by atoms with van der Waals surface area (Å²) in [4.78, 5) is 23.9. The molecule has 3 rings (SSSR count). The third kappa shape index (κ3) is 4.85. The van der Waals surface area contributed by atoms with Gasteiger partial charge >= 0.3 is 0 Å². The van der Waals surface area contributed by atoms with Crippen LogP contribution < -0.4 is 15.6 Å². The number of hydrogen-bond donors (Lipinski definition) is 2. The third-order valence-corrected chi connectivity index (χ3v) is 4.43. The van der Waals surface area contributed by atoms with Gasteiger partial charge in [-0.1, -0.05) is 24.3 Å². The van der Waals surface area contributed by atoms with Gasteiger partial charge < -0.3 is 4.74 Å². The summed E-state index contributed by atoms with van der Waals surface area (Å²) in [6, 6.07) is 11.9. The molecule has 136 valence electrons. The van der Waals surface area contributed by atoms with Crippen LogP contribution in [0.4, 0.5) is 0 Å². The number of ether oxygens (including phenoxy) is 1. The van der Waals surface area contributed by atoms with Crippen LogP contribution in [0.1, 0.15) is 34.2 Å². The Bertz CT molecular complexity index is 810. The van der Waals surface area contributed by atoms with Crippen LogP contribution in [0, 0.1) is 13.8 Å². The zero-order valence-corrected chi connectivity index (χ0v) is 15.2. The van der Waals surface area contributed by atoms with Crippen molar-refractivity contribution < 1.29 is 14.3 Å². The average molecular weight is 352 g/mol. The molecule has 2 amide bonds. The SMILES string of the molecule is Cc1cc(C)cc(OCC(=O)NNC(=O)Cc2ccc3c(c2)CCC3)c1. The lowest BCUT2D eigenvalue weighted by Crippen LogP contribution is -2.44. The van der Waals surface area contributed by atoms with E-state index in [0.717, 1.165) is 29.5 Å². The number of rotatable bonds is 5. The summed E-state index contributed by atoms with van der Waals surface area (Å²) in [5.74, 6) is -0.00345. The first-order valence-electron chi connectivity index (χ1n) is 8.89. The van der Waals surface area contributed by atoms with E-state index in [0.29, 0.717) is 5.75 Å². The smallest absolute Gasteiger partial charge is 0.276 e. The Labute approximate surface area is 153 Å². The van der Waals surface area contributed by atoms with Crippen LogP contribution in [0.5, 0.6) is 5.75 Å². The zero-order chi connectivity index (χ0) is 18.5. The minimum Gasteiger partial charge on any atom is -0.484 e. The molecular weight excluding hydrogens is 328 g/mol. The molecule has 5 nitrogen and oxygen atoms in total. The van der Waals surface area contributed by atoms with Crippen LogP contribution in [-0.4, -0.2) is 18.4 Å². The summed E-state index contributed by atoms with van der Waals surface area (Å²) in [6.45, 7) is 3.79. The normalized spacial score (nSPS) is 12.4. The molecule has 0 fully saturated rings. The van der Waals surface area contributed by atoms with Gasteiger partial charge in [-0.15, -0.1) is 0 Å². The Morgan fingerprint density at radius 3 is 2.38 bits per heavy atom. The third-order valence-electron chi connectivity index (χ3n) is 4.43. The highest BCUT2D eigenvalue weighted by molar-refractivity contribution is 5.83. The minimum absolute atomic E-state index is 0.151. The average Bonchev–Trinajstić information content (AvgIpc) is 3.05. The monoisotopic (exact) mass is 352 g/mol. The van der Waals surface area contributed by atoms with Gasteiger partial charge in [0.2, 0.25) is 5.91 Å². The summed E-state index contributed by atoms with van der Waals surface area (Å²) >= 11 is 0. The molecule has 0 radical (unpaired) electrons. The number of amides is 2. The van der Waals surface area contributed by atoms with Crippen LogP contribution >= 0.6 is 0 Å². The molecule has 2 aromatic rings. The van der Waals surface area contributed by atoms with Crippen molar-refractivity contribution in [2.45, 2.75) is 39.5 Å². The quantitative estimate of drug-likeness (QED) is 0.813. The number of carbonyl (C=O) groups is 2. The van der Waals surface area contributed by atoms with E-state index < -0.39 is 5.91 Å². The highest BCUT2D eigenvalue weighted by Crippen LogP contribution is 2.23. The number of benzene rings is 2. The van der Waals surface area contributed by atoms with Gasteiger partial charge in [-0.25, -0.2) is 0 Å². The second kappa shape index (κ2) is 8.04. The maximum Gasteiger partial charge on any atom is 0.276 e. The summed E-state index contributed by atoms with van der Waals surface area (Å²) in [6.07, 6.45) is 3.63. The molecule has 0 bridgehead atoms. The van der Waals surface area contributed by atoms with Crippen molar-refractivity contribution in [3.63, 3.8) is 0 Å². The lowest BCUT2D eigenvalue weighted by atomic mass is 10.0. The molecule has 2 aromatic carbocycles. The number of carbonyl (C=O) groups excluding carboxylic acids is 2. The molecule has 0 aliphatic heterocycles. The van der Waals surface area contributed by atoms with Crippen LogP contribution in [-0.2, 0) is 28.9 Å². The van der Waals surface area contributed by atoms with Crippen molar-refractivity contribution in [3.8, 4) is 5.75 Å². The maximum absolute atomic E-state index is 12.0. The van der Waals surface area contributed by atoms with E-state index in [-0.39, 0.29) is 18.9 Å². The fourth-order valence-electron chi connectivity index (χ4n) is 3.31. The van der Waals surface area contributed by atoms with E-state index in [1.807, 2.05) is 38.1 Å². The Morgan fingerprint density at radius 1 is 0.923 bits per heavy atom. The molecule has 0 atom stereocenters. The van der Waals surface area contributed by atoms with Crippen LogP contribution in [0.25, 0.3) is 0 Å². The summed E-state index contributed by atoms with van der Waals surface area (Å²) in [5.41, 5.74) is 10.7. The van der Waals surface area contributed by atoms with Crippen molar-refractivity contribution in [1.82, 2.24) is 10.9 Å². The molecule has 26 heavy (non-hydrogen) atoms. The fraction of sp³-hybridized carbons (Fsp3) is 0.333. The Hall–Kier alpha value is -2.82. The van der Waals surface area contributed by atoms with Gasteiger partial charge in [0.1, 0.15) is 5.75 Å². The molecule has 2 N–H and O–H groups in total. The van der Waals surface area contributed by atoms with Crippen LogP contribution in [0.3, 0.4) is 0 Å². The molecule has 0 aromatic heterocycles. The topological polar surface area (TPSA) is 67.4 Å². The molecule has 1 aliphatic carbocycles. The van der Waals surface area contributed by atoms with Gasteiger partial charge in [-0.05, 0) is 73.1 Å². The first kappa shape index (κ1) is 18.0. The van der Waals surface area contributed by atoms with Gasteiger partial charge in [0.15, 0.2) is 6.61 Å². The maximum atomic E-state index is 12.0. The zero-order valence-electron chi connectivity index (χ0n) is 15.2. The summed E-state index contributed by atoms with van der Waals surface area (Å²) < 4.78 is 5.47. The van der Waals surface area contributed by atoms with Gasteiger partial charge in [0.05, 0.1) is 6.42 Å². The lowest BCUT2D eigenvalue weighted by molar-refractivity contribution is -0.129. The van der Waals surface area contributed by atoms with E-state index in [2.05, 4.69) is 23.0 Å². The predicted molar refractivity (Wildman–Crippen MR) is 99.9 cm³/mol. The van der Waals surface area contributed by atoms with E-state index in [9.17, 15) is 9.59 Å². The Balaban J connectivity index is 1.43. The second-order valence-electron chi connectivity index (χ2n) is 6.84. The van der Waals surface area contributed by atoms with Gasteiger partial charge in [-0.2, -0.15) is 0 Å². The van der Waals surface area contributed by atoms with Gasteiger partial charge in [0, 0.05) is 0 Å².